The van der Waals surface area contributed by atoms with Crippen LogP contribution in [-0.4, -0.2) is 14.9 Å². The molecule has 0 radical (unpaired) electrons. The highest BCUT2D eigenvalue weighted by Crippen LogP contribution is 2.06. The van der Waals surface area contributed by atoms with Gasteiger partial charge in [0, 0.05) is 17.3 Å². The molecule has 0 bridgehead atoms. The number of nitrogens with one attached hydrogen (secondary N) is 1. The molecule has 2 rings (SSSR count). The third-order valence-electron chi connectivity index (χ3n) is 2.68. The van der Waals surface area contributed by atoms with Crippen LogP contribution in [0.5, 0.6) is 0 Å². The molecule has 0 aliphatic heterocycles. The Morgan fingerprint density at radius 3 is 2.94 bits per heavy atom. The van der Waals surface area contributed by atoms with Crippen molar-refractivity contribution in [2.45, 2.75) is 12.8 Å². The van der Waals surface area contributed by atoms with E-state index in [0.717, 1.165) is 24.2 Å². The third-order valence-corrected chi connectivity index (χ3v) is 2.68. The summed E-state index contributed by atoms with van der Waals surface area (Å²) in [6, 6.07) is 3.87. The lowest BCUT2D eigenvalue weighted by atomic mass is 10.1. The normalized spacial score (nSPS) is 10.4. The van der Waals surface area contributed by atoms with Gasteiger partial charge in [-0.1, -0.05) is 6.07 Å². The summed E-state index contributed by atoms with van der Waals surface area (Å²) < 4.78 is 1.57. The fraction of sp³-hybridized carbons (Fsp3) is 0.273. The summed E-state index contributed by atoms with van der Waals surface area (Å²) in [6.45, 7) is 0. The number of hydrogen-bond donors (Lipinski definition) is 1. The van der Waals surface area contributed by atoms with Crippen molar-refractivity contribution in [3.63, 3.8) is 0 Å². The van der Waals surface area contributed by atoms with Gasteiger partial charge in [-0.3, -0.25) is 4.98 Å². The van der Waals surface area contributed by atoms with E-state index in [2.05, 4.69) is 9.97 Å². The van der Waals surface area contributed by atoms with Crippen LogP contribution in [0, 0.1) is 10.1 Å². The molecule has 0 unspecified atom stereocenters. The van der Waals surface area contributed by atoms with Crippen LogP contribution in [0.4, 0.5) is 5.82 Å². The highest BCUT2D eigenvalue weighted by Gasteiger charge is 2.22. The largest absolute Gasteiger partial charge is 0.434 e. The van der Waals surface area contributed by atoms with Gasteiger partial charge < -0.3 is 10.1 Å². The van der Waals surface area contributed by atoms with Gasteiger partial charge in [0.25, 0.3) is 0 Å². The summed E-state index contributed by atoms with van der Waals surface area (Å²) in [7, 11) is 1.69. The number of hydrogen-bond acceptors (Lipinski definition) is 3. The number of nitrogens with zero attached hydrogens (tertiary/aromatic N) is 3. The highest BCUT2D eigenvalue weighted by molar-refractivity contribution is 5.10. The summed E-state index contributed by atoms with van der Waals surface area (Å²) in [5.74, 6) is 0.909. The molecule has 6 nitrogen and oxygen atoms in total. The molecule has 0 aliphatic rings. The van der Waals surface area contributed by atoms with Crippen LogP contribution in [0.2, 0.25) is 0 Å². The molecule has 0 atom stereocenters. The van der Waals surface area contributed by atoms with Gasteiger partial charge in [-0.2, -0.15) is 4.57 Å². The summed E-state index contributed by atoms with van der Waals surface area (Å²) in [5.41, 5.74) is 1.12. The van der Waals surface area contributed by atoms with Gasteiger partial charge in [-0.05, 0) is 18.1 Å². The summed E-state index contributed by atoms with van der Waals surface area (Å²) in [6.07, 6.45) is 6.47. The first-order valence-corrected chi connectivity index (χ1v) is 5.28. The zero-order valence-corrected chi connectivity index (χ0v) is 9.46. The second-order valence-electron chi connectivity index (χ2n) is 3.77. The quantitative estimate of drug-likeness (QED) is 0.485. The van der Waals surface area contributed by atoms with Crippen molar-refractivity contribution in [2.24, 2.45) is 7.05 Å². The molecule has 2 aromatic heterocycles. The standard InChI is InChI=1S/C11H12N4O2/c1-14-10(13-8-11(14)15(16)17)5-4-9-3-2-6-12-7-9/h2-3,6-8H,4-5H2,1H3/p+1. The van der Waals surface area contributed by atoms with Gasteiger partial charge in [-0.25, -0.2) is 4.98 Å². The molecule has 6 heteroatoms. The number of aryl methyl sites for hydroxylation is 2. The van der Waals surface area contributed by atoms with E-state index in [1.165, 1.54) is 6.20 Å². The summed E-state index contributed by atoms with van der Waals surface area (Å²) in [5, 5.41) is 10.7. The molecule has 2 heterocycles. The molecule has 1 N–H and O–H groups in total. The van der Waals surface area contributed by atoms with E-state index in [9.17, 15) is 10.1 Å². The fourth-order valence-electron chi connectivity index (χ4n) is 1.70. The monoisotopic (exact) mass is 233 g/mol. The topological polar surface area (TPSA) is 75.7 Å². The van der Waals surface area contributed by atoms with E-state index in [1.54, 1.807) is 24.0 Å². The zero-order valence-electron chi connectivity index (χ0n) is 9.46. The van der Waals surface area contributed by atoms with Crippen molar-refractivity contribution in [3.05, 3.63) is 52.2 Å². The van der Waals surface area contributed by atoms with Gasteiger partial charge in [0.15, 0.2) is 0 Å². The molecule has 0 amide bonds. The van der Waals surface area contributed by atoms with Crippen molar-refractivity contribution >= 4 is 5.82 Å². The lowest BCUT2D eigenvalue weighted by molar-refractivity contribution is -0.719. The Kier molecular flexibility index (Phi) is 3.13. The van der Waals surface area contributed by atoms with Gasteiger partial charge in [0.2, 0.25) is 6.20 Å². The molecule has 0 spiro atoms. The zero-order chi connectivity index (χ0) is 12.3. The number of aromatic amines is 1. The van der Waals surface area contributed by atoms with Gasteiger partial charge in [0.05, 0.1) is 6.42 Å². The van der Waals surface area contributed by atoms with Crippen LogP contribution < -0.4 is 4.57 Å². The van der Waals surface area contributed by atoms with Crippen LogP contribution in [0.15, 0.2) is 30.7 Å². The Balaban J connectivity index is 2.07. The highest BCUT2D eigenvalue weighted by atomic mass is 16.6. The Morgan fingerprint density at radius 1 is 1.53 bits per heavy atom. The van der Waals surface area contributed by atoms with E-state index in [-0.39, 0.29) is 5.82 Å². The Bertz CT molecular complexity index is 522. The Hall–Kier alpha value is -2.24. The first kappa shape index (κ1) is 11.3. The maximum Gasteiger partial charge on any atom is 0.434 e. The maximum atomic E-state index is 10.7. The molecule has 0 saturated heterocycles. The van der Waals surface area contributed by atoms with Crippen molar-refractivity contribution in [1.82, 2.24) is 9.97 Å². The maximum absolute atomic E-state index is 10.7. The molecule has 88 valence electrons. The van der Waals surface area contributed by atoms with Crippen molar-refractivity contribution in [2.75, 3.05) is 0 Å². The molecule has 0 saturated carbocycles. The minimum atomic E-state index is -0.399. The second kappa shape index (κ2) is 4.73. The second-order valence-corrected chi connectivity index (χ2v) is 3.77. The van der Waals surface area contributed by atoms with Crippen molar-refractivity contribution in [3.8, 4) is 0 Å². The van der Waals surface area contributed by atoms with Crippen LogP contribution in [0.1, 0.15) is 11.4 Å². The van der Waals surface area contributed by atoms with E-state index in [4.69, 9.17) is 0 Å². The minimum Gasteiger partial charge on any atom is -0.323 e. The average molecular weight is 233 g/mol. The van der Waals surface area contributed by atoms with E-state index >= 15 is 0 Å². The minimum absolute atomic E-state index is 0.0752. The lowest BCUT2D eigenvalue weighted by Crippen LogP contribution is -2.34. The predicted molar refractivity (Wildman–Crippen MR) is 60.3 cm³/mol. The Labute approximate surface area is 98.1 Å². The number of H-pyrrole nitrogens is 1. The number of imidazole rings is 1. The third kappa shape index (κ3) is 2.47. The van der Waals surface area contributed by atoms with Crippen LogP contribution in [0.3, 0.4) is 0 Å². The number of rotatable bonds is 4. The SMILES string of the molecule is C[n+]1c([N+](=O)[O-])c[nH]c1CCc1cccnc1. The van der Waals surface area contributed by atoms with Gasteiger partial charge in [-0.15, -0.1) is 0 Å². The smallest absolute Gasteiger partial charge is 0.323 e. The van der Waals surface area contributed by atoms with Gasteiger partial charge >= 0.3 is 11.6 Å². The van der Waals surface area contributed by atoms with Crippen molar-refractivity contribution in [1.29, 1.82) is 0 Å². The summed E-state index contributed by atoms with van der Waals surface area (Å²) in [4.78, 5) is 17.2. The number of aromatic nitrogens is 3. The molecule has 0 aliphatic carbocycles. The Morgan fingerprint density at radius 2 is 2.35 bits per heavy atom. The molecule has 0 aromatic carbocycles. The average Bonchev–Trinajstić information content (AvgIpc) is 2.69. The van der Waals surface area contributed by atoms with Gasteiger partial charge in [0.1, 0.15) is 7.05 Å². The molecule has 17 heavy (non-hydrogen) atoms. The molecular weight excluding hydrogens is 220 g/mol. The molecule has 2 aromatic rings. The van der Waals surface area contributed by atoms with E-state index < -0.39 is 4.92 Å². The number of nitro groups is 1. The predicted octanol–water partition coefficient (Wildman–Crippen LogP) is 0.928. The number of pyridine rings is 1. The lowest BCUT2D eigenvalue weighted by Gasteiger charge is -1.96. The molecule has 0 fully saturated rings. The molecular formula is C11H13N4O2+. The van der Waals surface area contributed by atoms with Crippen LogP contribution in [0.25, 0.3) is 0 Å². The van der Waals surface area contributed by atoms with E-state index in [1.807, 2.05) is 12.1 Å². The fourth-order valence-corrected chi connectivity index (χ4v) is 1.70. The van der Waals surface area contributed by atoms with E-state index in [0.29, 0.717) is 0 Å². The summed E-state index contributed by atoms with van der Waals surface area (Å²) >= 11 is 0. The first-order chi connectivity index (χ1) is 8.18. The van der Waals surface area contributed by atoms with Crippen LogP contribution >= 0.6 is 0 Å². The van der Waals surface area contributed by atoms with Crippen LogP contribution in [-0.2, 0) is 19.9 Å². The first-order valence-electron chi connectivity index (χ1n) is 5.28. The van der Waals surface area contributed by atoms with Crippen molar-refractivity contribution < 1.29 is 9.49 Å².